The van der Waals surface area contributed by atoms with Gasteiger partial charge in [0.15, 0.2) is 5.78 Å². The van der Waals surface area contributed by atoms with Crippen molar-refractivity contribution in [2.24, 2.45) is 5.92 Å². The summed E-state index contributed by atoms with van der Waals surface area (Å²) in [6.07, 6.45) is 6.43. The average Bonchev–Trinajstić information content (AvgIpc) is 2.89. The van der Waals surface area contributed by atoms with Crippen molar-refractivity contribution in [1.29, 1.82) is 0 Å². The lowest BCUT2D eigenvalue weighted by atomic mass is 9.80. The molecule has 1 unspecified atom stereocenters. The Morgan fingerprint density at radius 1 is 1.35 bits per heavy atom. The molecule has 1 aromatic rings. The van der Waals surface area contributed by atoms with Crippen LogP contribution in [0.25, 0.3) is 0 Å². The fraction of sp³-hybridized carbons (Fsp3) is 0.588. The number of carbonyl (C=O) groups is 1. The standard InChI is InChI=1S/C17H21ClO2/c1-12-14(5-4-6-15(12)18)16(19)13-7-10-20-17(11-13)8-2-3-9-17/h4-6,13H,2-3,7-11H2,1H3. The Kier molecular flexibility index (Phi) is 3.87. The third-order valence-electron chi connectivity index (χ3n) is 4.91. The summed E-state index contributed by atoms with van der Waals surface area (Å²) in [7, 11) is 0. The number of Topliss-reactive ketones (excluding diaryl/α,β-unsaturated/α-hetero) is 1. The van der Waals surface area contributed by atoms with Crippen molar-refractivity contribution in [2.45, 2.75) is 51.0 Å². The fourth-order valence-electron chi connectivity index (χ4n) is 3.71. The molecular weight excluding hydrogens is 272 g/mol. The Morgan fingerprint density at radius 2 is 2.10 bits per heavy atom. The van der Waals surface area contributed by atoms with E-state index in [4.69, 9.17) is 16.3 Å². The third kappa shape index (κ3) is 2.51. The van der Waals surface area contributed by atoms with Crippen LogP contribution >= 0.6 is 11.6 Å². The van der Waals surface area contributed by atoms with Gasteiger partial charge in [0.2, 0.25) is 0 Å². The molecule has 1 atom stereocenters. The summed E-state index contributed by atoms with van der Waals surface area (Å²) < 4.78 is 6.02. The van der Waals surface area contributed by atoms with E-state index >= 15 is 0 Å². The highest BCUT2D eigenvalue weighted by atomic mass is 35.5. The number of hydrogen-bond donors (Lipinski definition) is 0. The minimum absolute atomic E-state index is 0.00887. The zero-order valence-electron chi connectivity index (χ0n) is 12.0. The van der Waals surface area contributed by atoms with Gasteiger partial charge in [-0.25, -0.2) is 0 Å². The Bertz CT molecular complexity index is 518. The molecule has 0 amide bonds. The lowest BCUT2D eigenvalue weighted by Gasteiger charge is -2.37. The quantitative estimate of drug-likeness (QED) is 0.746. The van der Waals surface area contributed by atoms with Crippen LogP contribution in [0.3, 0.4) is 0 Å². The van der Waals surface area contributed by atoms with Crippen molar-refractivity contribution >= 4 is 17.4 Å². The van der Waals surface area contributed by atoms with Gasteiger partial charge in [-0.15, -0.1) is 0 Å². The summed E-state index contributed by atoms with van der Waals surface area (Å²) >= 11 is 6.14. The molecule has 1 heterocycles. The molecule has 1 saturated carbocycles. The van der Waals surface area contributed by atoms with E-state index in [-0.39, 0.29) is 17.3 Å². The van der Waals surface area contributed by atoms with Gasteiger partial charge in [-0.05, 0) is 44.2 Å². The molecule has 108 valence electrons. The molecule has 0 bridgehead atoms. The predicted molar refractivity (Wildman–Crippen MR) is 80.4 cm³/mol. The Morgan fingerprint density at radius 3 is 2.85 bits per heavy atom. The zero-order chi connectivity index (χ0) is 14.2. The molecule has 1 aliphatic heterocycles. The van der Waals surface area contributed by atoms with E-state index < -0.39 is 0 Å². The van der Waals surface area contributed by atoms with Gasteiger partial charge in [-0.3, -0.25) is 4.79 Å². The largest absolute Gasteiger partial charge is 0.375 e. The van der Waals surface area contributed by atoms with Crippen LogP contribution in [-0.2, 0) is 4.74 Å². The van der Waals surface area contributed by atoms with Gasteiger partial charge in [0.25, 0.3) is 0 Å². The van der Waals surface area contributed by atoms with Gasteiger partial charge in [0.1, 0.15) is 0 Å². The van der Waals surface area contributed by atoms with Gasteiger partial charge in [-0.2, -0.15) is 0 Å². The van der Waals surface area contributed by atoms with E-state index in [9.17, 15) is 4.79 Å². The predicted octanol–water partition coefficient (Wildman–Crippen LogP) is 4.57. The Hall–Kier alpha value is -0.860. The first-order valence-corrected chi connectivity index (χ1v) is 7.92. The van der Waals surface area contributed by atoms with E-state index in [2.05, 4.69) is 0 Å². The van der Waals surface area contributed by atoms with Crippen LogP contribution in [0.4, 0.5) is 0 Å². The fourth-order valence-corrected chi connectivity index (χ4v) is 3.89. The molecule has 1 aliphatic carbocycles. The van der Waals surface area contributed by atoms with E-state index in [1.807, 2.05) is 25.1 Å². The van der Waals surface area contributed by atoms with Gasteiger partial charge < -0.3 is 4.74 Å². The summed E-state index contributed by atoms with van der Waals surface area (Å²) in [5.41, 5.74) is 1.69. The molecule has 1 saturated heterocycles. The first-order chi connectivity index (χ1) is 9.61. The maximum absolute atomic E-state index is 12.8. The molecule has 20 heavy (non-hydrogen) atoms. The number of benzene rings is 1. The van der Waals surface area contributed by atoms with Crippen molar-refractivity contribution in [2.75, 3.05) is 6.61 Å². The first kappa shape index (κ1) is 14.1. The monoisotopic (exact) mass is 292 g/mol. The Balaban J connectivity index is 1.81. The van der Waals surface area contributed by atoms with Gasteiger partial charge in [0.05, 0.1) is 5.60 Å². The molecule has 2 aliphatic rings. The summed E-state index contributed by atoms with van der Waals surface area (Å²) in [4.78, 5) is 12.8. The van der Waals surface area contributed by atoms with Crippen molar-refractivity contribution in [1.82, 2.24) is 0 Å². The van der Waals surface area contributed by atoms with E-state index in [1.54, 1.807) is 0 Å². The zero-order valence-corrected chi connectivity index (χ0v) is 12.7. The number of carbonyl (C=O) groups excluding carboxylic acids is 1. The van der Waals surface area contributed by atoms with Crippen molar-refractivity contribution < 1.29 is 9.53 Å². The maximum atomic E-state index is 12.8. The van der Waals surface area contributed by atoms with Crippen LogP contribution in [0.1, 0.15) is 54.4 Å². The SMILES string of the molecule is Cc1c(Cl)cccc1C(=O)C1CCOC2(CCCC2)C1. The second-order valence-corrected chi connectivity index (χ2v) is 6.61. The summed E-state index contributed by atoms with van der Waals surface area (Å²) in [6, 6.07) is 5.61. The normalized spacial score (nSPS) is 25.0. The highest BCUT2D eigenvalue weighted by Gasteiger charge is 2.42. The second-order valence-electron chi connectivity index (χ2n) is 6.20. The Labute approximate surface area is 125 Å². The van der Waals surface area contributed by atoms with Crippen molar-refractivity contribution in [3.8, 4) is 0 Å². The van der Waals surface area contributed by atoms with Crippen LogP contribution < -0.4 is 0 Å². The molecule has 2 nitrogen and oxygen atoms in total. The molecule has 1 spiro atoms. The topological polar surface area (TPSA) is 26.3 Å². The van der Waals surface area contributed by atoms with Gasteiger partial charge in [-0.1, -0.05) is 36.6 Å². The number of hydrogen-bond acceptors (Lipinski definition) is 2. The molecular formula is C17H21ClO2. The van der Waals surface area contributed by atoms with Crippen LogP contribution in [0, 0.1) is 12.8 Å². The van der Waals surface area contributed by atoms with Crippen molar-refractivity contribution in [3.05, 3.63) is 34.3 Å². The minimum Gasteiger partial charge on any atom is -0.375 e. The lowest BCUT2D eigenvalue weighted by Crippen LogP contribution is -2.39. The molecule has 0 radical (unpaired) electrons. The molecule has 0 N–H and O–H groups in total. The number of ether oxygens (including phenoxy) is 1. The van der Waals surface area contributed by atoms with Crippen LogP contribution in [0.5, 0.6) is 0 Å². The van der Waals surface area contributed by atoms with E-state index in [0.29, 0.717) is 5.02 Å². The molecule has 0 aromatic heterocycles. The molecule has 3 heteroatoms. The van der Waals surface area contributed by atoms with Crippen LogP contribution in [-0.4, -0.2) is 18.0 Å². The highest BCUT2D eigenvalue weighted by molar-refractivity contribution is 6.31. The van der Waals surface area contributed by atoms with Gasteiger partial charge >= 0.3 is 0 Å². The highest BCUT2D eigenvalue weighted by Crippen LogP contribution is 2.43. The first-order valence-electron chi connectivity index (χ1n) is 7.55. The summed E-state index contributed by atoms with van der Waals surface area (Å²) in [5, 5.41) is 0.679. The minimum atomic E-state index is -0.00887. The molecule has 3 rings (SSSR count). The lowest BCUT2D eigenvalue weighted by molar-refractivity contribution is -0.0866. The van der Waals surface area contributed by atoms with Crippen LogP contribution in [0.2, 0.25) is 5.02 Å². The third-order valence-corrected chi connectivity index (χ3v) is 5.32. The molecule has 2 fully saturated rings. The number of rotatable bonds is 2. The molecule has 1 aromatic carbocycles. The van der Waals surface area contributed by atoms with Gasteiger partial charge in [0, 0.05) is 23.1 Å². The van der Waals surface area contributed by atoms with Crippen molar-refractivity contribution in [3.63, 3.8) is 0 Å². The summed E-state index contributed by atoms with van der Waals surface area (Å²) in [5.74, 6) is 0.346. The van der Waals surface area contributed by atoms with E-state index in [1.165, 1.54) is 12.8 Å². The summed E-state index contributed by atoms with van der Waals surface area (Å²) in [6.45, 7) is 2.65. The second kappa shape index (κ2) is 5.50. The number of halogens is 1. The van der Waals surface area contributed by atoms with E-state index in [0.717, 1.165) is 43.4 Å². The van der Waals surface area contributed by atoms with Crippen LogP contribution in [0.15, 0.2) is 18.2 Å². The average molecular weight is 293 g/mol. The maximum Gasteiger partial charge on any atom is 0.166 e. The number of ketones is 1. The smallest absolute Gasteiger partial charge is 0.166 e.